The SMILES string of the molecule is BCc1ccc(-c2ccc(C(=O)NCC(=O)N(C)C(C)c3ccc(OCCN)c(-c4cc(CC(CNC(=O)CC#N)NC(=O)CNC=O)ccc4OCCN)c3)cc2)cc1. The minimum atomic E-state index is -0.612. The number of nitrogens with one attached hydrogen (secondary N) is 4. The van der Waals surface area contributed by atoms with E-state index < -0.39 is 23.9 Å². The molecule has 314 valence electrons. The van der Waals surface area contributed by atoms with E-state index in [9.17, 15) is 24.0 Å². The maximum Gasteiger partial charge on any atom is 0.251 e. The number of hydrogen-bond acceptors (Lipinski definition) is 10. The molecule has 15 nitrogen and oxygen atoms in total. The average Bonchev–Trinajstić information content (AvgIpc) is 3.27. The van der Waals surface area contributed by atoms with Crippen LogP contribution in [0.2, 0.25) is 0 Å². The van der Waals surface area contributed by atoms with Crippen molar-refractivity contribution in [2.24, 2.45) is 11.5 Å². The first-order chi connectivity index (χ1) is 29.0. The second-order valence-electron chi connectivity index (χ2n) is 14.0. The van der Waals surface area contributed by atoms with E-state index >= 15 is 0 Å². The van der Waals surface area contributed by atoms with E-state index in [1.54, 1.807) is 42.3 Å². The number of nitrogens with zero attached hydrogens (tertiary/aromatic N) is 2. The van der Waals surface area contributed by atoms with Crippen LogP contribution >= 0.6 is 0 Å². The Morgan fingerprint density at radius 1 is 0.817 bits per heavy atom. The lowest BCUT2D eigenvalue weighted by Crippen LogP contribution is -2.47. The Hall–Kier alpha value is -6.70. The molecule has 0 saturated heterocycles. The fraction of sp³-hybridized carbons (Fsp3) is 0.318. The third-order valence-corrected chi connectivity index (χ3v) is 9.77. The molecule has 0 aromatic heterocycles. The van der Waals surface area contributed by atoms with Gasteiger partial charge in [-0.25, -0.2) is 0 Å². The highest BCUT2D eigenvalue weighted by Crippen LogP contribution is 2.40. The van der Waals surface area contributed by atoms with Crippen LogP contribution in [0.5, 0.6) is 11.5 Å². The molecule has 0 bridgehead atoms. The van der Waals surface area contributed by atoms with Gasteiger partial charge in [0, 0.05) is 43.4 Å². The zero-order valence-electron chi connectivity index (χ0n) is 34.3. The second-order valence-corrected chi connectivity index (χ2v) is 14.0. The number of amides is 5. The first-order valence-electron chi connectivity index (χ1n) is 19.8. The van der Waals surface area contributed by atoms with Crippen LogP contribution in [0.15, 0.2) is 84.9 Å². The molecule has 16 heteroatoms. The molecule has 2 unspecified atom stereocenters. The topological polar surface area (TPSA) is 231 Å². The number of hydrogen-bond donors (Lipinski definition) is 6. The van der Waals surface area contributed by atoms with Crippen LogP contribution in [0.25, 0.3) is 22.3 Å². The summed E-state index contributed by atoms with van der Waals surface area (Å²) in [6, 6.07) is 27.3. The monoisotopic (exact) mass is 816 g/mol. The van der Waals surface area contributed by atoms with Crippen LogP contribution in [-0.2, 0) is 31.9 Å². The minimum Gasteiger partial charge on any atom is -0.492 e. The van der Waals surface area contributed by atoms with Gasteiger partial charge in [-0.3, -0.25) is 24.0 Å². The van der Waals surface area contributed by atoms with Gasteiger partial charge in [0.05, 0.1) is 31.2 Å². The molecule has 5 amide bonds. The number of carbonyl (C=O) groups is 5. The smallest absolute Gasteiger partial charge is 0.251 e. The zero-order chi connectivity index (χ0) is 43.4. The predicted molar refractivity (Wildman–Crippen MR) is 232 cm³/mol. The van der Waals surface area contributed by atoms with Crippen LogP contribution in [0.3, 0.4) is 0 Å². The van der Waals surface area contributed by atoms with E-state index in [0.717, 1.165) is 28.6 Å². The number of carbonyl (C=O) groups excluding carboxylic acids is 5. The summed E-state index contributed by atoms with van der Waals surface area (Å²) in [6.45, 7) is 2.36. The van der Waals surface area contributed by atoms with E-state index in [4.69, 9.17) is 26.2 Å². The number of ether oxygens (including phenoxy) is 2. The van der Waals surface area contributed by atoms with Gasteiger partial charge in [-0.15, -0.1) is 0 Å². The predicted octanol–water partition coefficient (Wildman–Crippen LogP) is 1.58. The summed E-state index contributed by atoms with van der Waals surface area (Å²) in [5, 5.41) is 19.5. The maximum absolute atomic E-state index is 13.5. The van der Waals surface area contributed by atoms with Gasteiger partial charge >= 0.3 is 0 Å². The summed E-state index contributed by atoms with van der Waals surface area (Å²) in [7, 11) is 3.77. The fourth-order valence-electron chi connectivity index (χ4n) is 6.33. The van der Waals surface area contributed by atoms with Gasteiger partial charge in [0.1, 0.15) is 39.0 Å². The summed E-state index contributed by atoms with van der Waals surface area (Å²) < 4.78 is 12.2. The van der Waals surface area contributed by atoms with Crippen molar-refractivity contribution in [3.05, 3.63) is 107 Å². The van der Waals surface area contributed by atoms with Crippen LogP contribution in [0.1, 0.15) is 46.4 Å². The van der Waals surface area contributed by atoms with Gasteiger partial charge in [-0.05, 0) is 72.0 Å². The summed E-state index contributed by atoms with van der Waals surface area (Å²) in [5.74, 6) is -0.628. The van der Waals surface area contributed by atoms with E-state index in [1.165, 1.54) is 5.56 Å². The number of rotatable bonds is 23. The molecule has 2 atom stereocenters. The van der Waals surface area contributed by atoms with Gasteiger partial charge in [0.25, 0.3) is 5.91 Å². The summed E-state index contributed by atoms with van der Waals surface area (Å²) in [6.07, 6.45) is 1.27. The van der Waals surface area contributed by atoms with Crippen LogP contribution in [-0.4, -0.2) is 102 Å². The number of benzene rings is 4. The molecule has 0 fully saturated rings. The van der Waals surface area contributed by atoms with Crippen molar-refractivity contribution in [3.63, 3.8) is 0 Å². The lowest BCUT2D eigenvalue weighted by Gasteiger charge is -2.27. The Balaban J connectivity index is 1.56. The Labute approximate surface area is 351 Å². The summed E-state index contributed by atoms with van der Waals surface area (Å²) in [5.41, 5.74) is 18.1. The van der Waals surface area contributed by atoms with Gasteiger partial charge < -0.3 is 47.1 Å². The maximum atomic E-state index is 13.5. The van der Waals surface area contributed by atoms with E-state index in [-0.39, 0.29) is 70.6 Å². The normalized spacial score (nSPS) is 11.6. The Bertz CT molecular complexity index is 2130. The third kappa shape index (κ3) is 13.4. The number of likely N-dealkylation sites (N-methyl/N-ethyl adjacent to an activating group) is 1. The van der Waals surface area contributed by atoms with Gasteiger partial charge in [-0.2, -0.15) is 5.26 Å². The van der Waals surface area contributed by atoms with Crippen LogP contribution in [0, 0.1) is 11.3 Å². The molecule has 4 rings (SSSR count). The fourth-order valence-corrected chi connectivity index (χ4v) is 6.33. The molecule has 0 spiro atoms. The summed E-state index contributed by atoms with van der Waals surface area (Å²) >= 11 is 0. The molecule has 0 aliphatic rings. The largest absolute Gasteiger partial charge is 0.492 e. The molecule has 0 aliphatic carbocycles. The van der Waals surface area contributed by atoms with Crippen molar-refractivity contribution in [2.75, 3.05) is 53.0 Å². The molecular formula is C44H53BN8O7. The standard InChI is InChI=1S/C44H53BN8O7/c1-29(53(2)43(57)27-51-44(58)34-10-8-33(9-11-34)32-6-3-30(24-45)4-7-32)35-12-14-40(60-20-18-48)38(23-35)37-22-31(5-13-39(37)59-19-17-47)21-36(25-50-41(55)15-16-46)52-42(56)26-49-28-54/h3-14,22-23,28-29,36H,15,17-21,24-27,45,47-48H2,1-2H3,(H,49,54)(H,50,55)(H,51,58)(H,52,56). The van der Waals surface area contributed by atoms with Crippen LogP contribution in [0.4, 0.5) is 0 Å². The van der Waals surface area contributed by atoms with E-state index in [0.29, 0.717) is 34.6 Å². The summed E-state index contributed by atoms with van der Waals surface area (Å²) in [4.78, 5) is 63.6. The lowest BCUT2D eigenvalue weighted by atomic mass is 9.94. The minimum absolute atomic E-state index is 0.0210. The Morgan fingerprint density at radius 3 is 2.02 bits per heavy atom. The van der Waals surface area contributed by atoms with Crippen molar-refractivity contribution in [2.45, 2.75) is 38.2 Å². The van der Waals surface area contributed by atoms with Gasteiger partial charge in [0.2, 0.25) is 24.1 Å². The van der Waals surface area contributed by atoms with Crippen molar-refractivity contribution in [1.29, 1.82) is 5.26 Å². The zero-order valence-corrected chi connectivity index (χ0v) is 34.3. The van der Waals surface area contributed by atoms with Crippen molar-refractivity contribution in [3.8, 4) is 39.8 Å². The van der Waals surface area contributed by atoms with Gasteiger partial charge in [-0.1, -0.05) is 60.4 Å². The molecule has 0 saturated carbocycles. The first kappa shape index (κ1) is 46.0. The van der Waals surface area contributed by atoms with Crippen molar-refractivity contribution in [1.82, 2.24) is 26.2 Å². The molecule has 0 radical (unpaired) electrons. The highest BCUT2D eigenvalue weighted by Gasteiger charge is 2.23. The molecule has 4 aromatic carbocycles. The van der Waals surface area contributed by atoms with Crippen LogP contribution < -0.4 is 42.2 Å². The molecule has 60 heavy (non-hydrogen) atoms. The molecule has 4 aromatic rings. The molecule has 0 heterocycles. The molecule has 0 aliphatic heterocycles. The number of nitrogens with two attached hydrogens (primary N) is 2. The first-order valence-corrected chi connectivity index (χ1v) is 19.8. The van der Waals surface area contributed by atoms with E-state index in [1.807, 2.05) is 43.3 Å². The quantitative estimate of drug-likeness (QED) is 0.0468. The number of nitriles is 1. The van der Waals surface area contributed by atoms with Gasteiger partial charge in [0.15, 0.2) is 0 Å². The molecular weight excluding hydrogens is 763 g/mol. The lowest BCUT2D eigenvalue weighted by molar-refractivity contribution is -0.130. The van der Waals surface area contributed by atoms with E-state index in [2.05, 4.69) is 53.4 Å². The highest BCUT2D eigenvalue weighted by atomic mass is 16.5. The Kier molecular flexibility index (Phi) is 18.1. The van der Waals surface area contributed by atoms with Crippen molar-refractivity contribution >= 4 is 37.9 Å². The van der Waals surface area contributed by atoms with Crippen molar-refractivity contribution < 1.29 is 33.4 Å². The average molecular weight is 817 g/mol. The third-order valence-electron chi connectivity index (χ3n) is 9.77. The second kappa shape index (κ2) is 23.6. The highest BCUT2D eigenvalue weighted by molar-refractivity contribution is 6.08. The Morgan fingerprint density at radius 2 is 1.42 bits per heavy atom. The molecule has 8 N–H and O–H groups in total.